The number of anilines is 1. The van der Waals surface area contributed by atoms with Crippen molar-refractivity contribution in [3.63, 3.8) is 0 Å². The molecule has 9 heteroatoms. The van der Waals surface area contributed by atoms with Crippen LogP contribution >= 0.6 is 23.4 Å². The summed E-state index contributed by atoms with van der Waals surface area (Å²) in [5, 5.41) is 15.4. The van der Waals surface area contributed by atoms with E-state index in [0.717, 1.165) is 11.4 Å². The van der Waals surface area contributed by atoms with E-state index in [9.17, 15) is 9.59 Å². The van der Waals surface area contributed by atoms with Crippen LogP contribution in [0.4, 0.5) is 5.69 Å². The Labute approximate surface area is 184 Å². The molecule has 3 aromatic rings. The van der Waals surface area contributed by atoms with E-state index in [1.807, 2.05) is 30.5 Å². The molecule has 2 aromatic carbocycles. The highest BCUT2D eigenvalue weighted by molar-refractivity contribution is 7.99. The molecule has 156 valence electrons. The molecule has 0 fully saturated rings. The monoisotopic (exact) mass is 443 g/mol. The number of aromatic nitrogens is 3. The third kappa shape index (κ3) is 5.40. The van der Waals surface area contributed by atoms with Crippen LogP contribution in [0.2, 0.25) is 5.02 Å². The average molecular weight is 444 g/mol. The summed E-state index contributed by atoms with van der Waals surface area (Å²) in [5.74, 6) is 0.539. The summed E-state index contributed by atoms with van der Waals surface area (Å²) < 4.78 is 1.96. The molecule has 0 aliphatic rings. The predicted molar refractivity (Wildman–Crippen MR) is 120 cm³/mol. The average Bonchev–Trinajstić information content (AvgIpc) is 3.16. The normalized spacial score (nSPS) is 10.6. The first-order valence-corrected chi connectivity index (χ1v) is 10.9. The molecule has 2 amide bonds. The van der Waals surface area contributed by atoms with Gasteiger partial charge in [-0.1, -0.05) is 29.4 Å². The molecule has 0 atom stereocenters. The third-order valence-electron chi connectivity index (χ3n) is 4.21. The molecule has 0 saturated heterocycles. The Kier molecular flexibility index (Phi) is 7.48. The van der Waals surface area contributed by atoms with Gasteiger partial charge in [-0.2, -0.15) is 0 Å². The molecule has 1 heterocycles. The van der Waals surface area contributed by atoms with Crippen molar-refractivity contribution in [3.05, 3.63) is 59.1 Å². The number of hydrogen-bond donors (Lipinski definition) is 2. The van der Waals surface area contributed by atoms with Crippen molar-refractivity contribution in [1.82, 2.24) is 20.1 Å². The molecule has 7 nitrogen and oxygen atoms in total. The van der Waals surface area contributed by atoms with Crippen LogP contribution in [0.15, 0.2) is 53.7 Å². The summed E-state index contributed by atoms with van der Waals surface area (Å²) >= 11 is 7.27. The summed E-state index contributed by atoms with van der Waals surface area (Å²) in [4.78, 5) is 24.4. The minimum atomic E-state index is -0.188. The van der Waals surface area contributed by atoms with Crippen molar-refractivity contribution < 1.29 is 9.59 Å². The Morgan fingerprint density at radius 2 is 1.87 bits per heavy atom. The molecule has 0 aliphatic carbocycles. The maximum absolute atomic E-state index is 12.4. The standard InChI is InChI=1S/C21H22ClN5O2S/c1-3-23-20(29)15-6-5-7-17(12-15)24-18(28)13-30-21-26-25-19(27(21)4-2)14-8-10-16(22)11-9-14/h5-12H,3-4,13H2,1-2H3,(H,23,29)(H,24,28). The van der Waals surface area contributed by atoms with Gasteiger partial charge < -0.3 is 15.2 Å². The van der Waals surface area contributed by atoms with Crippen molar-refractivity contribution in [2.75, 3.05) is 17.6 Å². The fourth-order valence-corrected chi connectivity index (χ4v) is 3.75. The van der Waals surface area contributed by atoms with Crippen LogP contribution in [-0.2, 0) is 11.3 Å². The van der Waals surface area contributed by atoms with Crippen molar-refractivity contribution in [2.24, 2.45) is 0 Å². The Bertz CT molecular complexity index is 1040. The number of nitrogens with one attached hydrogen (secondary N) is 2. The Morgan fingerprint density at radius 3 is 2.57 bits per heavy atom. The van der Waals surface area contributed by atoms with Crippen LogP contribution in [0.3, 0.4) is 0 Å². The lowest BCUT2D eigenvalue weighted by Gasteiger charge is -2.09. The molecular weight excluding hydrogens is 422 g/mol. The Balaban J connectivity index is 1.65. The molecule has 0 spiro atoms. The molecular formula is C21H22ClN5O2S. The number of hydrogen-bond acceptors (Lipinski definition) is 5. The van der Waals surface area contributed by atoms with E-state index in [-0.39, 0.29) is 17.6 Å². The molecule has 0 radical (unpaired) electrons. The number of nitrogens with zero attached hydrogens (tertiary/aromatic N) is 3. The zero-order chi connectivity index (χ0) is 21.5. The fraction of sp³-hybridized carbons (Fsp3) is 0.238. The summed E-state index contributed by atoms with van der Waals surface area (Å²) in [6.45, 7) is 5.07. The largest absolute Gasteiger partial charge is 0.352 e. The van der Waals surface area contributed by atoms with Crippen molar-refractivity contribution in [3.8, 4) is 11.4 Å². The van der Waals surface area contributed by atoms with Crippen molar-refractivity contribution in [1.29, 1.82) is 0 Å². The van der Waals surface area contributed by atoms with E-state index in [1.165, 1.54) is 11.8 Å². The van der Waals surface area contributed by atoms with Crippen LogP contribution in [-0.4, -0.2) is 38.9 Å². The number of carbonyl (C=O) groups excluding carboxylic acids is 2. The number of rotatable bonds is 8. The SMILES string of the molecule is CCNC(=O)c1cccc(NC(=O)CSc2nnc(-c3ccc(Cl)cc3)n2CC)c1. The molecule has 1 aromatic heterocycles. The van der Waals surface area contributed by atoms with E-state index in [2.05, 4.69) is 20.8 Å². The van der Waals surface area contributed by atoms with Crippen molar-refractivity contribution >= 4 is 40.9 Å². The molecule has 30 heavy (non-hydrogen) atoms. The van der Waals surface area contributed by atoms with Gasteiger partial charge in [0, 0.05) is 34.9 Å². The summed E-state index contributed by atoms with van der Waals surface area (Å²) in [6.07, 6.45) is 0. The van der Waals surface area contributed by atoms with E-state index in [1.54, 1.807) is 36.4 Å². The second kappa shape index (κ2) is 10.3. The van der Waals surface area contributed by atoms with E-state index >= 15 is 0 Å². The maximum Gasteiger partial charge on any atom is 0.251 e. The Morgan fingerprint density at radius 1 is 1.10 bits per heavy atom. The number of amides is 2. The fourth-order valence-electron chi connectivity index (χ4n) is 2.82. The predicted octanol–water partition coefficient (Wildman–Crippen LogP) is 4.10. The zero-order valence-corrected chi connectivity index (χ0v) is 18.3. The van der Waals surface area contributed by atoms with E-state index in [0.29, 0.717) is 34.5 Å². The lowest BCUT2D eigenvalue weighted by molar-refractivity contribution is -0.113. The van der Waals surface area contributed by atoms with Gasteiger partial charge in [0.1, 0.15) is 0 Å². The highest BCUT2D eigenvalue weighted by Gasteiger charge is 2.15. The van der Waals surface area contributed by atoms with Crippen molar-refractivity contribution in [2.45, 2.75) is 25.5 Å². The lowest BCUT2D eigenvalue weighted by atomic mass is 10.2. The van der Waals surface area contributed by atoms with Gasteiger partial charge in [0.25, 0.3) is 5.91 Å². The number of thioether (sulfide) groups is 1. The quantitative estimate of drug-likeness (QED) is 0.511. The van der Waals surface area contributed by atoms with Crippen LogP contribution < -0.4 is 10.6 Å². The molecule has 0 unspecified atom stereocenters. The summed E-state index contributed by atoms with van der Waals surface area (Å²) in [5.41, 5.74) is 1.98. The van der Waals surface area contributed by atoms with Gasteiger partial charge in [-0.3, -0.25) is 9.59 Å². The van der Waals surface area contributed by atoms with Crippen LogP contribution in [0.1, 0.15) is 24.2 Å². The highest BCUT2D eigenvalue weighted by Crippen LogP contribution is 2.25. The summed E-state index contributed by atoms with van der Waals surface area (Å²) in [6, 6.07) is 14.2. The maximum atomic E-state index is 12.4. The highest BCUT2D eigenvalue weighted by atomic mass is 35.5. The second-order valence-electron chi connectivity index (χ2n) is 6.33. The smallest absolute Gasteiger partial charge is 0.251 e. The van der Waals surface area contributed by atoms with Gasteiger partial charge >= 0.3 is 0 Å². The molecule has 0 saturated carbocycles. The zero-order valence-electron chi connectivity index (χ0n) is 16.7. The minimum Gasteiger partial charge on any atom is -0.352 e. The van der Waals surface area contributed by atoms with Gasteiger partial charge in [0.15, 0.2) is 11.0 Å². The molecule has 3 rings (SSSR count). The van der Waals surface area contributed by atoms with Crippen LogP contribution in [0.25, 0.3) is 11.4 Å². The first-order valence-electron chi connectivity index (χ1n) is 9.51. The van der Waals surface area contributed by atoms with Crippen LogP contribution in [0.5, 0.6) is 0 Å². The van der Waals surface area contributed by atoms with Gasteiger partial charge in [-0.05, 0) is 56.3 Å². The summed E-state index contributed by atoms with van der Waals surface area (Å²) in [7, 11) is 0. The number of benzene rings is 2. The van der Waals surface area contributed by atoms with Crippen LogP contribution in [0, 0.1) is 0 Å². The van der Waals surface area contributed by atoms with Gasteiger partial charge in [-0.25, -0.2) is 0 Å². The van der Waals surface area contributed by atoms with Gasteiger partial charge in [0.05, 0.1) is 5.75 Å². The van der Waals surface area contributed by atoms with E-state index < -0.39 is 0 Å². The molecule has 0 aliphatic heterocycles. The minimum absolute atomic E-state index is 0.171. The third-order valence-corrected chi connectivity index (χ3v) is 5.43. The Hall–Kier alpha value is -2.84. The first kappa shape index (κ1) is 21.9. The second-order valence-corrected chi connectivity index (χ2v) is 7.71. The number of halogens is 1. The van der Waals surface area contributed by atoms with Gasteiger partial charge in [0.2, 0.25) is 5.91 Å². The topological polar surface area (TPSA) is 88.9 Å². The first-order chi connectivity index (χ1) is 14.5. The van der Waals surface area contributed by atoms with E-state index in [4.69, 9.17) is 11.6 Å². The van der Waals surface area contributed by atoms with Gasteiger partial charge in [-0.15, -0.1) is 10.2 Å². The molecule has 2 N–H and O–H groups in total. The molecule has 0 bridgehead atoms. The number of carbonyl (C=O) groups is 2. The lowest BCUT2D eigenvalue weighted by Crippen LogP contribution is -2.23.